The van der Waals surface area contributed by atoms with Gasteiger partial charge in [-0.25, -0.2) is 9.78 Å². The number of rotatable bonds is 8. The first kappa shape index (κ1) is 27.3. The predicted molar refractivity (Wildman–Crippen MR) is 102 cm³/mol. The molecular formula is C16H17N6NaO10S. The number of aliphatic carboxylic acids is 1. The van der Waals surface area contributed by atoms with Crippen LogP contribution in [0.2, 0.25) is 0 Å². The molecule has 3 heterocycles. The van der Waals surface area contributed by atoms with E-state index in [1.54, 1.807) is 0 Å². The molecule has 2 aliphatic rings. The number of aromatic nitrogens is 1. The Morgan fingerprint density at radius 3 is 2.62 bits per heavy atom. The van der Waals surface area contributed by atoms with Gasteiger partial charge in [0.1, 0.15) is 32.0 Å². The van der Waals surface area contributed by atoms with Gasteiger partial charge < -0.3 is 41.0 Å². The molecule has 2 fully saturated rings. The summed E-state index contributed by atoms with van der Waals surface area (Å²) in [6.07, 6.45) is -2.11. The average molecular weight is 508 g/mol. The van der Waals surface area contributed by atoms with Crippen molar-refractivity contribution in [1.82, 2.24) is 15.4 Å². The van der Waals surface area contributed by atoms with Gasteiger partial charge in [-0.2, -0.15) is 5.06 Å². The van der Waals surface area contributed by atoms with Crippen molar-refractivity contribution in [3.8, 4) is 0 Å². The van der Waals surface area contributed by atoms with E-state index >= 15 is 0 Å². The second kappa shape index (κ2) is 10.5. The van der Waals surface area contributed by atoms with Gasteiger partial charge >= 0.3 is 41.6 Å². The van der Waals surface area contributed by atoms with E-state index in [2.05, 4.69) is 20.3 Å². The molecule has 5 N–H and O–H groups in total. The Kier molecular flexibility index (Phi) is 8.43. The summed E-state index contributed by atoms with van der Waals surface area (Å²) in [5, 5.41) is 19.4. The number of nitrogens with zero attached hydrogens (tertiary/aromatic N) is 3. The fourth-order valence-corrected chi connectivity index (χ4v) is 3.63. The molecule has 0 aromatic carbocycles. The number of hydroxylamine groups is 2. The molecule has 0 radical (unpaired) electrons. The van der Waals surface area contributed by atoms with E-state index in [0.717, 1.165) is 18.4 Å². The normalized spacial score (nSPS) is 24.3. The Hall–Kier alpha value is -2.99. The van der Waals surface area contributed by atoms with Gasteiger partial charge in [0.15, 0.2) is 16.4 Å². The number of carbonyl (C=O) groups excluding carboxylic acids is 5. The quantitative estimate of drug-likeness (QED) is 0.129. The SMILES string of the molecule is CO/N=C(\C(=O)NC1(COC(N)=O)CON(C2(C(=O)[O-])CCC(=O)O2)C1=O)c1csc(N)n1.[Na+]. The molecule has 18 heteroatoms. The van der Waals surface area contributed by atoms with Crippen molar-refractivity contribution < 1.29 is 77.8 Å². The number of nitrogen functional groups attached to an aromatic ring is 1. The second-order valence-electron chi connectivity index (χ2n) is 6.76. The minimum Gasteiger partial charge on any atom is -0.544 e. The Morgan fingerprint density at radius 2 is 2.12 bits per heavy atom. The molecule has 3 rings (SSSR count). The summed E-state index contributed by atoms with van der Waals surface area (Å²) in [5.74, 6) is -5.11. The molecule has 1 aromatic rings. The first-order chi connectivity index (χ1) is 15.5. The number of carbonyl (C=O) groups is 5. The Bertz CT molecular complexity index is 1050. The van der Waals surface area contributed by atoms with Crippen LogP contribution in [0.5, 0.6) is 0 Å². The Labute approximate surface area is 216 Å². The van der Waals surface area contributed by atoms with Crippen LogP contribution >= 0.6 is 11.3 Å². The number of hydrogen-bond donors (Lipinski definition) is 3. The predicted octanol–water partition coefficient (Wildman–Crippen LogP) is -6.41. The van der Waals surface area contributed by atoms with Gasteiger partial charge in [-0.1, -0.05) is 5.16 Å². The molecule has 0 spiro atoms. The number of carboxylic acids is 1. The van der Waals surface area contributed by atoms with Gasteiger partial charge in [-0.05, 0) is 0 Å². The van der Waals surface area contributed by atoms with Crippen molar-refractivity contribution in [3.63, 3.8) is 0 Å². The van der Waals surface area contributed by atoms with Crippen molar-refractivity contribution in [2.75, 3.05) is 26.1 Å². The largest absolute Gasteiger partial charge is 1.00 e. The number of carboxylic acid groups (broad SMARTS) is 1. The van der Waals surface area contributed by atoms with Crippen molar-refractivity contribution in [3.05, 3.63) is 11.1 Å². The number of ether oxygens (including phenoxy) is 2. The number of primary amides is 1. The number of oxime groups is 1. The zero-order chi connectivity index (χ0) is 24.4. The van der Waals surface area contributed by atoms with E-state index in [4.69, 9.17) is 25.8 Å². The van der Waals surface area contributed by atoms with Crippen LogP contribution < -0.4 is 51.4 Å². The van der Waals surface area contributed by atoms with Crippen LogP contribution in [0.25, 0.3) is 0 Å². The summed E-state index contributed by atoms with van der Waals surface area (Å²) in [4.78, 5) is 74.5. The first-order valence-electron chi connectivity index (χ1n) is 9.03. The molecule has 2 aliphatic heterocycles. The molecule has 0 saturated carbocycles. The number of cyclic esters (lactones) is 1. The van der Waals surface area contributed by atoms with Gasteiger partial charge in [0, 0.05) is 11.8 Å². The van der Waals surface area contributed by atoms with Gasteiger partial charge in [-0.3, -0.25) is 19.2 Å². The molecule has 2 unspecified atom stereocenters. The molecule has 2 atom stereocenters. The maximum atomic E-state index is 13.3. The van der Waals surface area contributed by atoms with Gasteiger partial charge in [0.25, 0.3) is 17.5 Å². The van der Waals surface area contributed by atoms with Crippen molar-refractivity contribution in [2.45, 2.75) is 24.1 Å². The van der Waals surface area contributed by atoms with Crippen LogP contribution in [0, 0.1) is 0 Å². The fourth-order valence-electron chi connectivity index (χ4n) is 3.08. The van der Waals surface area contributed by atoms with Gasteiger partial charge in [0.05, 0.1) is 6.42 Å². The summed E-state index contributed by atoms with van der Waals surface area (Å²) in [6, 6.07) is 0. The Morgan fingerprint density at radius 1 is 1.41 bits per heavy atom. The van der Waals surface area contributed by atoms with Crippen molar-refractivity contribution >= 4 is 52.0 Å². The molecule has 2 saturated heterocycles. The van der Waals surface area contributed by atoms with Gasteiger partial charge in [0.2, 0.25) is 0 Å². The zero-order valence-electron chi connectivity index (χ0n) is 17.9. The Balaban J connectivity index is 0.00000408. The molecule has 0 bridgehead atoms. The van der Waals surface area contributed by atoms with Crippen LogP contribution in [-0.4, -0.2) is 77.2 Å². The smallest absolute Gasteiger partial charge is 0.544 e. The minimum absolute atomic E-state index is 0. The number of thiazole rings is 1. The molecule has 0 aliphatic carbocycles. The van der Waals surface area contributed by atoms with Crippen LogP contribution in [-0.2, 0) is 38.3 Å². The molecule has 178 valence electrons. The third-order valence-electron chi connectivity index (χ3n) is 4.61. The number of hydrogen-bond acceptors (Lipinski definition) is 14. The average Bonchev–Trinajstić information content (AvgIpc) is 3.43. The summed E-state index contributed by atoms with van der Waals surface area (Å²) in [5.41, 5.74) is 5.38. The van der Waals surface area contributed by atoms with E-state index in [9.17, 15) is 29.1 Å². The van der Waals surface area contributed by atoms with E-state index in [1.165, 1.54) is 5.38 Å². The van der Waals surface area contributed by atoms with E-state index in [1.807, 2.05) is 0 Å². The zero-order valence-corrected chi connectivity index (χ0v) is 20.7. The third-order valence-corrected chi connectivity index (χ3v) is 5.28. The van der Waals surface area contributed by atoms with E-state index in [-0.39, 0.29) is 51.9 Å². The maximum absolute atomic E-state index is 13.3. The number of nitrogens with one attached hydrogen (secondary N) is 1. The number of esters is 1. The minimum atomic E-state index is -2.58. The van der Waals surface area contributed by atoms with E-state index in [0.29, 0.717) is 0 Å². The van der Waals surface area contributed by atoms with E-state index < -0.39 is 66.5 Å². The molecular weight excluding hydrogens is 491 g/mol. The fraction of sp³-hybridized carbons (Fsp3) is 0.438. The number of nitrogens with two attached hydrogens (primary N) is 2. The summed E-state index contributed by atoms with van der Waals surface area (Å²) in [7, 11) is 1.15. The molecule has 3 amide bonds. The maximum Gasteiger partial charge on any atom is 1.00 e. The molecule has 16 nitrogen and oxygen atoms in total. The third kappa shape index (κ3) is 5.07. The van der Waals surface area contributed by atoms with Crippen molar-refractivity contribution in [1.29, 1.82) is 0 Å². The second-order valence-corrected chi connectivity index (χ2v) is 7.65. The summed E-state index contributed by atoms with van der Waals surface area (Å²) in [6.45, 7) is -1.59. The van der Waals surface area contributed by atoms with Crippen molar-refractivity contribution in [2.24, 2.45) is 10.9 Å². The summed E-state index contributed by atoms with van der Waals surface area (Å²) < 4.78 is 9.51. The van der Waals surface area contributed by atoms with Crippen LogP contribution in [0.4, 0.5) is 9.93 Å². The molecule has 1 aromatic heterocycles. The van der Waals surface area contributed by atoms with Crippen LogP contribution in [0.15, 0.2) is 10.5 Å². The standard InChI is InChI=1S/C16H18N6O10S.Na/c1-29-21-9(7-4-33-13(17)19-7)10(24)20-15(5-30-14(18)28)6-31-22(11(15)25)16(12(26)27)3-2-8(23)32-16;/h4H,2-3,5-6H2,1H3,(H2,17,19)(H2,18,28)(H,20,24)(H,26,27);/q;+1/p-1/b21-9-;. The van der Waals surface area contributed by atoms with Gasteiger partial charge in [-0.15, -0.1) is 11.3 Å². The summed E-state index contributed by atoms with van der Waals surface area (Å²) >= 11 is 0.996. The first-order valence-corrected chi connectivity index (χ1v) is 9.91. The number of amides is 3. The monoisotopic (exact) mass is 508 g/mol. The topological polar surface area (TPSA) is 238 Å². The van der Waals surface area contributed by atoms with Crippen LogP contribution in [0.1, 0.15) is 18.5 Å². The van der Waals surface area contributed by atoms with Crippen LogP contribution in [0.3, 0.4) is 0 Å². The number of anilines is 1. The molecule has 34 heavy (non-hydrogen) atoms.